The van der Waals surface area contributed by atoms with E-state index in [1.165, 1.54) is 0 Å². The number of primary amides is 1. The lowest BCUT2D eigenvalue weighted by Gasteiger charge is -2.30. The van der Waals surface area contributed by atoms with Gasteiger partial charge in [0.1, 0.15) is 12.1 Å². The number of carbonyl (C=O) groups excluding carboxylic acids is 4. The summed E-state index contributed by atoms with van der Waals surface area (Å²) < 4.78 is 0. The van der Waals surface area contributed by atoms with Crippen molar-refractivity contribution in [2.75, 3.05) is 0 Å². The molecule has 9 N–H and O–H groups in total. The van der Waals surface area contributed by atoms with Crippen LogP contribution in [0.1, 0.15) is 39.9 Å². The summed E-state index contributed by atoms with van der Waals surface area (Å²) in [5.41, 5.74) is 25.6. The smallest absolute Gasteiger partial charge is 0.248 e. The molecule has 4 aromatic carbocycles. The first-order valence-corrected chi connectivity index (χ1v) is 14.2. The van der Waals surface area contributed by atoms with Gasteiger partial charge in [0.25, 0.3) is 0 Å². The fraction of sp³-hybridized carbons (Fsp3) is 0.147. The van der Waals surface area contributed by atoms with E-state index >= 15 is 0 Å². The minimum atomic E-state index is -1.35. The number of hydrogen-bond acceptors (Lipinski definition) is 6. The van der Waals surface area contributed by atoms with E-state index in [1.807, 2.05) is 12.1 Å². The van der Waals surface area contributed by atoms with E-state index < -0.39 is 35.7 Å². The predicted octanol–water partition coefficient (Wildman–Crippen LogP) is 2.27. The highest BCUT2D eigenvalue weighted by atomic mass is 16.2. The van der Waals surface area contributed by atoms with Crippen LogP contribution in [0.3, 0.4) is 0 Å². The Hall–Kier alpha value is -5.81. The molecule has 0 aliphatic heterocycles. The van der Waals surface area contributed by atoms with Crippen molar-refractivity contribution in [3.8, 4) is 0 Å². The van der Waals surface area contributed by atoms with Crippen molar-refractivity contribution in [1.29, 1.82) is 0 Å². The van der Waals surface area contributed by atoms with E-state index in [1.54, 1.807) is 97.1 Å². The summed E-state index contributed by atoms with van der Waals surface area (Å²) in [6.07, 6.45) is -0.222. The van der Waals surface area contributed by atoms with Crippen molar-refractivity contribution in [2.24, 2.45) is 27.9 Å². The minimum absolute atomic E-state index is 0.0581. The minimum Gasteiger partial charge on any atom is -0.370 e. The maximum Gasteiger partial charge on any atom is 0.248 e. The molecule has 0 saturated heterocycles. The molecule has 2 atom stereocenters. The van der Waals surface area contributed by atoms with Crippen molar-refractivity contribution >= 4 is 35.3 Å². The van der Waals surface area contributed by atoms with Gasteiger partial charge in [0.2, 0.25) is 23.6 Å². The number of amides is 4. The fourth-order valence-corrected chi connectivity index (χ4v) is 4.76. The van der Waals surface area contributed by atoms with Crippen molar-refractivity contribution in [1.82, 2.24) is 10.2 Å². The van der Waals surface area contributed by atoms with E-state index in [0.717, 1.165) is 4.90 Å². The lowest BCUT2D eigenvalue weighted by Crippen LogP contribution is -2.48. The quantitative estimate of drug-likeness (QED) is 0.120. The number of rotatable bonds is 12. The van der Waals surface area contributed by atoms with E-state index in [2.05, 4.69) is 10.3 Å². The third kappa shape index (κ3) is 8.85. The zero-order chi connectivity index (χ0) is 32.3. The second-order valence-electron chi connectivity index (χ2n) is 10.4. The summed E-state index contributed by atoms with van der Waals surface area (Å²) in [6, 6.07) is 28.8. The van der Waals surface area contributed by atoms with Crippen LogP contribution in [0.4, 0.5) is 5.69 Å². The van der Waals surface area contributed by atoms with Gasteiger partial charge in [-0.15, -0.1) is 0 Å². The van der Waals surface area contributed by atoms with Crippen LogP contribution in [-0.2, 0) is 38.6 Å². The molecular weight excluding hydrogens is 570 g/mol. The van der Waals surface area contributed by atoms with Crippen LogP contribution < -0.4 is 28.3 Å². The molecule has 0 aromatic heterocycles. The Labute approximate surface area is 260 Å². The molecule has 0 radical (unpaired) electrons. The van der Waals surface area contributed by atoms with Crippen molar-refractivity contribution in [3.05, 3.63) is 137 Å². The van der Waals surface area contributed by atoms with E-state index in [0.29, 0.717) is 33.5 Å². The summed E-state index contributed by atoms with van der Waals surface area (Å²) in [6.45, 7) is 0.0581. The highest BCUT2D eigenvalue weighted by Gasteiger charge is 2.36. The number of guanidine groups is 1. The van der Waals surface area contributed by atoms with Crippen molar-refractivity contribution in [3.63, 3.8) is 0 Å². The van der Waals surface area contributed by atoms with Gasteiger partial charge in [-0.1, -0.05) is 97.1 Å². The fourth-order valence-electron chi connectivity index (χ4n) is 4.76. The Morgan fingerprint density at radius 3 is 1.73 bits per heavy atom. The third-order valence-corrected chi connectivity index (χ3v) is 7.00. The zero-order valence-corrected chi connectivity index (χ0v) is 24.5. The number of nitrogens with two attached hydrogens (primary N) is 4. The van der Waals surface area contributed by atoms with Gasteiger partial charge in [-0.25, -0.2) is 4.99 Å². The van der Waals surface area contributed by atoms with E-state index in [4.69, 9.17) is 22.9 Å². The van der Waals surface area contributed by atoms with Gasteiger partial charge < -0.3 is 28.3 Å². The van der Waals surface area contributed by atoms with Crippen LogP contribution in [0.2, 0.25) is 0 Å². The normalized spacial score (nSPS) is 11.9. The number of aliphatic imine (C=N–C) groups is 1. The molecule has 4 aromatic rings. The molecule has 2 unspecified atom stereocenters. The molecule has 230 valence electrons. The summed E-state index contributed by atoms with van der Waals surface area (Å²) in [5, 5.41) is 2.85. The van der Waals surface area contributed by atoms with Gasteiger partial charge in [-0.05, 0) is 39.9 Å². The number of nitrogens with zero attached hydrogens (tertiary/aromatic N) is 2. The Morgan fingerprint density at radius 2 is 1.22 bits per heavy atom. The molecule has 11 heteroatoms. The molecule has 0 saturated carbocycles. The number of hydrogen-bond donors (Lipinski definition) is 5. The molecule has 45 heavy (non-hydrogen) atoms. The van der Waals surface area contributed by atoms with Crippen LogP contribution in [0.15, 0.2) is 114 Å². The van der Waals surface area contributed by atoms with Crippen LogP contribution >= 0.6 is 0 Å². The third-order valence-electron chi connectivity index (χ3n) is 7.00. The molecule has 0 heterocycles. The average Bonchev–Trinajstić information content (AvgIpc) is 3.03. The van der Waals surface area contributed by atoms with Crippen LogP contribution in [0, 0.1) is 0 Å². The molecule has 4 amide bonds. The first-order chi connectivity index (χ1) is 21.6. The Bertz CT molecular complexity index is 1620. The van der Waals surface area contributed by atoms with Crippen molar-refractivity contribution in [2.45, 2.75) is 31.5 Å². The molecular formula is C34H35N7O4. The lowest BCUT2D eigenvalue weighted by molar-refractivity contribution is -0.152. The first kappa shape index (κ1) is 32.1. The predicted molar refractivity (Wildman–Crippen MR) is 171 cm³/mol. The molecule has 11 nitrogen and oxygen atoms in total. The lowest BCUT2D eigenvalue weighted by atomic mass is 10.00. The summed E-state index contributed by atoms with van der Waals surface area (Å²) >= 11 is 0. The van der Waals surface area contributed by atoms with Crippen molar-refractivity contribution < 1.29 is 19.2 Å². The van der Waals surface area contributed by atoms with Crippen LogP contribution in [-0.4, -0.2) is 34.5 Å². The Morgan fingerprint density at radius 1 is 0.667 bits per heavy atom. The highest BCUT2D eigenvalue weighted by Crippen LogP contribution is 2.27. The highest BCUT2D eigenvalue weighted by molar-refractivity contribution is 6.02. The number of nitrogens with one attached hydrogen (secondary N) is 1. The number of carbonyl (C=O) groups is 4. The molecule has 0 fully saturated rings. The van der Waals surface area contributed by atoms with Gasteiger partial charge in [0, 0.05) is 6.54 Å². The Balaban J connectivity index is 1.72. The van der Waals surface area contributed by atoms with Crippen LogP contribution in [0.25, 0.3) is 0 Å². The SMILES string of the molecule is NC(=O)C(N)c1ccc(CNC(=O)C(c2cccc(N=C(N)N)c2)N(C(=O)Cc2ccccc2)C(=O)Cc2ccccc2)cc1. The van der Waals surface area contributed by atoms with Gasteiger partial charge >= 0.3 is 0 Å². The molecule has 0 aliphatic rings. The average molecular weight is 606 g/mol. The van der Waals surface area contributed by atoms with E-state index in [9.17, 15) is 19.2 Å². The van der Waals surface area contributed by atoms with Gasteiger partial charge in [-0.3, -0.25) is 24.1 Å². The Kier molecular flexibility index (Phi) is 10.8. The maximum absolute atomic E-state index is 14.0. The summed E-state index contributed by atoms with van der Waals surface area (Å²) in [7, 11) is 0. The number of benzene rings is 4. The maximum atomic E-state index is 14.0. The molecule has 0 aliphatic carbocycles. The molecule has 0 spiro atoms. The van der Waals surface area contributed by atoms with E-state index in [-0.39, 0.29) is 25.3 Å². The first-order valence-electron chi connectivity index (χ1n) is 14.2. The zero-order valence-electron chi connectivity index (χ0n) is 24.5. The van der Waals surface area contributed by atoms with Gasteiger partial charge in [0.15, 0.2) is 5.96 Å². The van der Waals surface area contributed by atoms with Gasteiger partial charge in [0.05, 0.1) is 18.5 Å². The topological polar surface area (TPSA) is 200 Å². The van der Waals surface area contributed by atoms with Gasteiger partial charge in [-0.2, -0.15) is 0 Å². The number of imide groups is 1. The summed E-state index contributed by atoms with van der Waals surface area (Å²) in [4.78, 5) is 58.5. The molecule has 0 bridgehead atoms. The van der Waals surface area contributed by atoms with Crippen LogP contribution in [0.5, 0.6) is 0 Å². The summed E-state index contributed by atoms with van der Waals surface area (Å²) in [5.74, 6) is -2.57. The largest absolute Gasteiger partial charge is 0.370 e. The standard InChI is InChI=1S/C34H35N7O4/c35-30(32(36)44)25-16-14-24(15-17-25)21-39-33(45)31(26-12-7-13-27(20-26)40-34(37)38)41(28(42)18-22-8-3-1-4-9-22)29(43)19-23-10-5-2-6-11-23/h1-17,20,30-31H,18-19,21,35H2,(H2,36,44)(H,39,45)(H4,37,38,40). The monoisotopic (exact) mass is 605 g/mol. The second-order valence-corrected chi connectivity index (χ2v) is 10.4. The molecule has 4 rings (SSSR count). The second kappa shape index (κ2) is 15.1.